The number of hydrogen-bond acceptors (Lipinski definition) is 4. The molecule has 0 saturated heterocycles. The molecular weight excluding hydrogens is 275 g/mol. The summed E-state index contributed by atoms with van der Waals surface area (Å²) in [7, 11) is 0. The van der Waals surface area contributed by atoms with Gasteiger partial charge in [-0.25, -0.2) is 4.39 Å². The predicted molar refractivity (Wildman–Crippen MR) is 76.8 cm³/mol. The van der Waals surface area contributed by atoms with Gasteiger partial charge in [-0.15, -0.1) is 0 Å². The maximum Gasteiger partial charge on any atom is 0.311 e. The van der Waals surface area contributed by atoms with Crippen molar-refractivity contribution in [1.29, 1.82) is 0 Å². The summed E-state index contributed by atoms with van der Waals surface area (Å²) in [6.45, 7) is 1.92. The minimum Gasteiger partial charge on any atom is -0.450 e. The Morgan fingerprint density at radius 3 is 2.67 bits per heavy atom. The molecule has 2 aromatic carbocycles. The third-order valence-electron chi connectivity index (χ3n) is 3.10. The van der Waals surface area contributed by atoms with Crippen LogP contribution in [0.5, 0.6) is 11.5 Å². The Kier molecular flexibility index (Phi) is 4.49. The van der Waals surface area contributed by atoms with Crippen LogP contribution in [0.4, 0.5) is 10.1 Å². The number of rotatable bonds is 5. The smallest absolute Gasteiger partial charge is 0.311 e. The van der Waals surface area contributed by atoms with Gasteiger partial charge >= 0.3 is 5.69 Å². The highest BCUT2D eigenvalue weighted by atomic mass is 19.1. The molecule has 0 heterocycles. The van der Waals surface area contributed by atoms with Crippen molar-refractivity contribution in [3.63, 3.8) is 0 Å². The Morgan fingerprint density at radius 2 is 2.00 bits per heavy atom. The van der Waals surface area contributed by atoms with Crippen molar-refractivity contribution in [1.82, 2.24) is 0 Å². The maximum absolute atomic E-state index is 13.3. The number of para-hydroxylation sites is 1. The summed E-state index contributed by atoms with van der Waals surface area (Å²) in [6, 6.07) is 9.81. The number of nitrogens with two attached hydrogens (primary N) is 1. The first kappa shape index (κ1) is 14.9. The quantitative estimate of drug-likeness (QED) is 0.668. The number of nitro benzene ring substituents is 1. The Hall–Kier alpha value is -2.47. The zero-order chi connectivity index (χ0) is 15.4. The Morgan fingerprint density at radius 1 is 1.29 bits per heavy atom. The number of benzene rings is 2. The normalized spacial score (nSPS) is 12.0. The highest BCUT2D eigenvalue weighted by Crippen LogP contribution is 2.35. The molecule has 0 aliphatic heterocycles. The van der Waals surface area contributed by atoms with Gasteiger partial charge < -0.3 is 10.5 Å². The molecule has 0 aromatic heterocycles. The lowest BCUT2D eigenvalue weighted by molar-refractivity contribution is -0.385. The van der Waals surface area contributed by atoms with E-state index in [1.807, 2.05) is 6.92 Å². The number of ether oxygens (including phenoxy) is 1. The summed E-state index contributed by atoms with van der Waals surface area (Å²) in [5.41, 5.74) is 6.41. The van der Waals surface area contributed by atoms with Crippen LogP contribution in [0.2, 0.25) is 0 Å². The van der Waals surface area contributed by atoms with Crippen LogP contribution in [0.15, 0.2) is 42.5 Å². The van der Waals surface area contributed by atoms with Crippen LogP contribution < -0.4 is 10.5 Å². The number of nitrogens with zero attached hydrogens (tertiary/aromatic N) is 1. The summed E-state index contributed by atoms with van der Waals surface area (Å²) in [5, 5.41) is 11.0. The average Bonchev–Trinajstić information content (AvgIpc) is 2.47. The number of halogens is 1. The van der Waals surface area contributed by atoms with E-state index in [1.165, 1.54) is 0 Å². The van der Waals surface area contributed by atoms with Crippen LogP contribution in [0.3, 0.4) is 0 Å². The van der Waals surface area contributed by atoms with Crippen molar-refractivity contribution in [2.45, 2.75) is 19.4 Å². The zero-order valence-corrected chi connectivity index (χ0v) is 11.5. The standard InChI is InChI=1S/C15H15FN2O3/c1-2-12(17)11-5-3-4-6-14(11)21-15-9-10(16)7-8-13(15)18(19)20/h3-9,12H,2,17H2,1H3. The minimum atomic E-state index is -0.614. The summed E-state index contributed by atoms with van der Waals surface area (Å²) in [5.74, 6) is -0.357. The SMILES string of the molecule is CCC(N)c1ccccc1Oc1cc(F)ccc1[N+](=O)[O-]. The monoisotopic (exact) mass is 290 g/mol. The molecule has 1 atom stereocenters. The van der Waals surface area contributed by atoms with Crippen LogP contribution >= 0.6 is 0 Å². The molecule has 0 amide bonds. The van der Waals surface area contributed by atoms with E-state index in [9.17, 15) is 14.5 Å². The molecule has 110 valence electrons. The van der Waals surface area contributed by atoms with Crippen LogP contribution in [-0.4, -0.2) is 4.92 Å². The lowest BCUT2D eigenvalue weighted by Crippen LogP contribution is -2.10. The fourth-order valence-electron chi connectivity index (χ4n) is 1.94. The molecule has 0 spiro atoms. The van der Waals surface area contributed by atoms with E-state index < -0.39 is 10.7 Å². The molecular formula is C15H15FN2O3. The first-order valence-corrected chi connectivity index (χ1v) is 6.49. The van der Waals surface area contributed by atoms with Gasteiger partial charge in [0, 0.05) is 23.7 Å². The second-order valence-corrected chi connectivity index (χ2v) is 4.52. The van der Waals surface area contributed by atoms with E-state index in [-0.39, 0.29) is 17.5 Å². The summed E-state index contributed by atoms with van der Waals surface area (Å²) >= 11 is 0. The molecule has 0 saturated carbocycles. The van der Waals surface area contributed by atoms with Crippen LogP contribution in [0.1, 0.15) is 24.9 Å². The van der Waals surface area contributed by atoms with E-state index in [0.29, 0.717) is 12.2 Å². The number of nitro groups is 1. The molecule has 21 heavy (non-hydrogen) atoms. The van der Waals surface area contributed by atoms with Gasteiger partial charge in [0.05, 0.1) is 4.92 Å². The van der Waals surface area contributed by atoms with Gasteiger partial charge in [0.25, 0.3) is 0 Å². The molecule has 0 aliphatic carbocycles. The lowest BCUT2D eigenvalue weighted by atomic mass is 10.0. The minimum absolute atomic E-state index is 0.143. The summed E-state index contributed by atoms with van der Waals surface area (Å²) in [6.07, 6.45) is 0.686. The highest BCUT2D eigenvalue weighted by Gasteiger charge is 2.19. The molecule has 5 nitrogen and oxygen atoms in total. The maximum atomic E-state index is 13.3. The zero-order valence-electron chi connectivity index (χ0n) is 11.5. The van der Waals surface area contributed by atoms with E-state index in [1.54, 1.807) is 24.3 Å². The van der Waals surface area contributed by atoms with Gasteiger partial charge in [-0.3, -0.25) is 10.1 Å². The molecule has 2 rings (SSSR count). The molecule has 2 N–H and O–H groups in total. The fourth-order valence-corrected chi connectivity index (χ4v) is 1.94. The van der Waals surface area contributed by atoms with E-state index >= 15 is 0 Å². The van der Waals surface area contributed by atoms with E-state index in [2.05, 4.69) is 0 Å². The van der Waals surface area contributed by atoms with Crippen LogP contribution in [0, 0.1) is 15.9 Å². The van der Waals surface area contributed by atoms with Gasteiger partial charge in [-0.1, -0.05) is 25.1 Å². The number of hydrogen-bond donors (Lipinski definition) is 1. The van der Waals surface area contributed by atoms with Gasteiger partial charge in [0.15, 0.2) is 0 Å². The first-order chi connectivity index (χ1) is 10.0. The molecule has 2 aromatic rings. The van der Waals surface area contributed by atoms with Crippen molar-refractivity contribution in [2.75, 3.05) is 0 Å². The van der Waals surface area contributed by atoms with Crippen molar-refractivity contribution >= 4 is 5.69 Å². The third-order valence-corrected chi connectivity index (χ3v) is 3.10. The second kappa shape index (κ2) is 6.32. The van der Waals surface area contributed by atoms with E-state index in [4.69, 9.17) is 10.5 Å². The Balaban J connectivity index is 2.43. The van der Waals surface area contributed by atoms with Crippen molar-refractivity contribution in [3.05, 3.63) is 64.0 Å². The summed E-state index contributed by atoms with van der Waals surface area (Å²) < 4.78 is 18.9. The topological polar surface area (TPSA) is 78.4 Å². The van der Waals surface area contributed by atoms with Crippen molar-refractivity contribution in [2.24, 2.45) is 5.73 Å². The Labute approximate surface area is 121 Å². The predicted octanol–water partition coefficient (Wildman–Crippen LogP) is 3.94. The second-order valence-electron chi connectivity index (χ2n) is 4.52. The first-order valence-electron chi connectivity index (χ1n) is 6.49. The van der Waals surface area contributed by atoms with Crippen molar-refractivity contribution < 1.29 is 14.1 Å². The summed E-state index contributed by atoms with van der Waals surface area (Å²) in [4.78, 5) is 10.4. The third kappa shape index (κ3) is 3.35. The lowest BCUT2D eigenvalue weighted by Gasteiger charge is -2.15. The fraction of sp³-hybridized carbons (Fsp3) is 0.200. The molecule has 0 aliphatic rings. The van der Waals surface area contributed by atoms with Gasteiger partial charge in [0.2, 0.25) is 5.75 Å². The van der Waals surface area contributed by atoms with Gasteiger partial charge in [-0.05, 0) is 18.6 Å². The molecule has 0 bridgehead atoms. The largest absolute Gasteiger partial charge is 0.450 e. The highest BCUT2D eigenvalue weighted by molar-refractivity contribution is 5.50. The van der Waals surface area contributed by atoms with Crippen LogP contribution in [-0.2, 0) is 0 Å². The molecule has 0 radical (unpaired) electrons. The van der Waals surface area contributed by atoms with Gasteiger partial charge in [0.1, 0.15) is 11.6 Å². The van der Waals surface area contributed by atoms with Crippen molar-refractivity contribution in [3.8, 4) is 11.5 Å². The molecule has 0 fully saturated rings. The molecule has 6 heteroatoms. The van der Waals surface area contributed by atoms with E-state index in [0.717, 1.165) is 23.8 Å². The van der Waals surface area contributed by atoms with Gasteiger partial charge in [-0.2, -0.15) is 0 Å². The van der Waals surface area contributed by atoms with Crippen LogP contribution in [0.25, 0.3) is 0 Å². The Bertz CT molecular complexity index is 661. The molecule has 1 unspecified atom stereocenters. The average molecular weight is 290 g/mol.